The average molecular weight is 264 g/mol. The van der Waals surface area contributed by atoms with Crippen LogP contribution in [0.1, 0.15) is 24.6 Å². The lowest BCUT2D eigenvalue weighted by Crippen LogP contribution is -2.38. The van der Waals surface area contributed by atoms with Crippen molar-refractivity contribution < 1.29 is 13.5 Å². The lowest BCUT2D eigenvalue weighted by atomic mass is 10.0. The largest absolute Gasteiger partial charge is 0.459 e. The molecule has 2 unspecified atom stereocenters. The molecule has 1 fully saturated rings. The Morgan fingerprint density at radius 3 is 2.84 bits per heavy atom. The summed E-state index contributed by atoms with van der Waals surface area (Å²) >= 11 is 0. The summed E-state index contributed by atoms with van der Waals surface area (Å²) in [5.41, 5.74) is 3.41. The van der Waals surface area contributed by atoms with E-state index in [-0.39, 0.29) is 18.0 Å². The fourth-order valence-electron chi connectivity index (χ4n) is 2.55. The van der Waals surface area contributed by atoms with Crippen LogP contribution < -0.4 is 11.3 Å². The van der Waals surface area contributed by atoms with Gasteiger partial charge in [0.2, 0.25) is 0 Å². The van der Waals surface area contributed by atoms with E-state index >= 15 is 0 Å². The van der Waals surface area contributed by atoms with E-state index in [1.165, 1.54) is 12.1 Å². The van der Waals surface area contributed by atoms with Crippen molar-refractivity contribution in [2.75, 3.05) is 7.11 Å². The Morgan fingerprint density at radius 1 is 1.42 bits per heavy atom. The molecule has 0 radical (unpaired) electrons. The molecule has 0 saturated heterocycles. The molecule has 19 heavy (non-hydrogen) atoms. The predicted molar refractivity (Wildman–Crippen MR) is 69.8 cm³/mol. The second-order valence-electron chi connectivity index (χ2n) is 5.01. The Kier molecular flexibility index (Phi) is 3.26. The molecule has 5 heteroatoms. The fraction of sp³-hybridized carbons (Fsp3) is 0.429. The van der Waals surface area contributed by atoms with Gasteiger partial charge < -0.3 is 9.15 Å². The molecule has 1 aliphatic rings. The van der Waals surface area contributed by atoms with Gasteiger partial charge in [-0.3, -0.25) is 5.84 Å². The van der Waals surface area contributed by atoms with E-state index in [0.717, 1.165) is 18.2 Å². The average Bonchev–Trinajstić information content (AvgIpc) is 3.15. The zero-order chi connectivity index (χ0) is 13.4. The Morgan fingerprint density at radius 2 is 2.21 bits per heavy atom. The number of ether oxygens (including phenoxy) is 1. The second kappa shape index (κ2) is 4.92. The minimum Gasteiger partial charge on any atom is -0.459 e. The van der Waals surface area contributed by atoms with Crippen LogP contribution in [0.5, 0.6) is 0 Å². The first-order chi connectivity index (χ1) is 9.22. The van der Waals surface area contributed by atoms with Crippen LogP contribution in [0.15, 0.2) is 28.7 Å². The number of nitrogens with one attached hydrogen (secondary N) is 1. The number of nitrogens with two attached hydrogens (primary N) is 1. The lowest BCUT2D eigenvalue weighted by Gasteiger charge is -2.23. The van der Waals surface area contributed by atoms with Crippen LogP contribution in [0.25, 0.3) is 11.0 Å². The molecule has 3 N–H and O–H groups in total. The van der Waals surface area contributed by atoms with Gasteiger partial charge in [0.25, 0.3) is 0 Å². The van der Waals surface area contributed by atoms with Crippen LogP contribution in [0.4, 0.5) is 4.39 Å². The molecular weight excluding hydrogens is 247 g/mol. The van der Waals surface area contributed by atoms with Gasteiger partial charge >= 0.3 is 0 Å². The molecule has 0 aliphatic heterocycles. The molecule has 0 amide bonds. The van der Waals surface area contributed by atoms with E-state index in [0.29, 0.717) is 17.3 Å². The van der Waals surface area contributed by atoms with E-state index in [1.54, 1.807) is 13.2 Å². The summed E-state index contributed by atoms with van der Waals surface area (Å²) in [5, 5.41) is 0.737. The van der Waals surface area contributed by atoms with Gasteiger partial charge in [0.05, 0.1) is 6.10 Å². The number of benzene rings is 1. The monoisotopic (exact) mass is 264 g/mol. The number of hydrazine groups is 1. The molecular formula is C14H17FN2O2. The smallest absolute Gasteiger partial charge is 0.134 e. The number of hydrogen-bond acceptors (Lipinski definition) is 4. The number of fused-ring (bicyclic) bond motifs is 1. The molecule has 2 atom stereocenters. The molecule has 2 aromatic rings. The van der Waals surface area contributed by atoms with Crippen molar-refractivity contribution in [1.82, 2.24) is 5.43 Å². The zero-order valence-corrected chi connectivity index (χ0v) is 10.7. The van der Waals surface area contributed by atoms with Gasteiger partial charge in [0.15, 0.2) is 0 Å². The summed E-state index contributed by atoms with van der Waals surface area (Å²) in [6, 6.07) is 6.06. The van der Waals surface area contributed by atoms with Crippen molar-refractivity contribution in [3.8, 4) is 0 Å². The van der Waals surface area contributed by atoms with Gasteiger partial charge in [-0.2, -0.15) is 0 Å². The summed E-state index contributed by atoms with van der Waals surface area (Å²) < 4.78 is 24.5. The number of hydrogen-bond donors (Lipinski definition) is 2. The van der Waals surface area contributed by atoms with Gasteiger partial charge in [-0.15, -0.1) is 0 Å². The van der Waals surface area contributed by atoms with Crippen molar-refractivity contribution in [2.24, 2.45) is 11.8 Å². The summed E-state index contributed by atoms with van der Waals surface area (Å²) in [6.45, 7) is 0. The minimum atomic E-state index is -0.275. The predicted octanol–water partition coefficient (Wildman–Crippen LogP) is 2.50. The van der Waals surface area contributed by atoms with Crippen LogP contribution >= 0.6 is 0 Å². The quantitative estimate of drug-likeness (QED) is 0.643. The normalized spacial score (nSPS) is 18.7. The number of furan rings is 1. The van der Waals surface area contributed by atoms with Gasteiger partial charge in [-0.05, 0) is 43.0 Å². The third-order valence-electron chi connectivity index (χ3n) is 3.67. The highest BCUT2D eigenvalue weighted by Crippen LogP contribution is 2.40. The molecule has 3 rings (SSSR count). The maximum atomic E-state index is 13.2. The molecule has 1 aromatic heterocycles. The van der Waals surface area contributed by atoms with Crippen LogP contribution in [-0.4, -0.2) is 13.2 Å². The summed E-state index contributed by atoms with van der Waals surface area (Å²) in [6.07, 6.45) is 2.27. The van der Waals surface area contributed by atoms with Gasteiger partial charge in [-0.25, -0.2) is 9.82 Å². The van der Waals surface area contributed by atoms with E-state index in [4.69, 9.17) is 15.0 Å². The van der Waals surface area contributed by atoms with Gasteiger partial charge in [0.1, 0.15) is 23.2 Å². The van der Waals surface area contributed by atoms with Crippen molar-refractivity contribution in [1.29, 1.82) is 0 Å². The summed E-state index contributed by atoms with van der Waals surface area (Å²) in [5.74, 6) is 6.55. The maximum Gasteiger partial charge on any atom is 0.134 e. The Balaban J connectivity index is 1.95. The first-order valence-corrected chi connectivity index (χ1v) is 6.41. The Labute approximate surface area is 110 Å². The van der Waals surface area contributed by atoms with E-state index in [1.807, 2.05) is 6.07 Å². The third-order valence-corrected chi connectivity index (χ3v) is 3.67. The number of rotatable bonds is 5. The highest BCUT2D eigenvalue weighted by atomic mass is 19.1. The van der Waals surface area contributed by atoms with Crippen LogP contribution in [0.3, 0.4) is 0 Å². The van der Waals surface area contributed by atoms with E-state index in [2.05, 4.69) is 5.43 Å². The third kappa shape index (κ3) is 2.36. The second-order valence-corrected chi connectivity index (χ2v) is 5.01. The topological polar surface area (TPSA) is 60.4 Å². The summed E-state index contributed by atoms with van der Waals surface area (Å²) in [4.78, 5) is 0. The van der Waals surface area contributed by atoms with Crippen LogP contribution in [-0.2, 0) is 4.74 Å². The highest BCUT2D eigenvalue weighted by molar-refractivity contribution is 5.78. The molecule has 102 valence electrons. The lowest BCUT2D eigenvalue weighted by molar-refractivity contribution is 0.0444. The standard InChI is InChI=1S/C14H17FN2O2/c1-18-14(8-2-3-8)13(17-16)12-7-9-6-10(15)4-5-11(9)19-12/h4-8,13-14,17H,2-3,16H2,1H3. The number of methoxy groups -OCH3 is 1. The summed E-state index contributed by atoms with van der Waals surface area (Å²) in [7, 11) is 1.68. The molecule has 0 spiro atoms. The Hall–Kier alpha value is -1.43. The molecule has 4 nitrogen and oxygen atoms in total. The molecule has 0 bridgehead atoms. The molecule has 1 saturated carbocycles. The zero-order valence-electron chi connectivity index (χ0n) is 10.7. The van der Waals surface area contributed by atoms with Crippen molar-refractivity contribution >= 4 is 11.0 Å². The van der Waals surface area contributed by atoms with Crippen LogP contribution in [0.2, 0.25) is 0 Å². The highest BCUT2D eigenvalue weighted by Gasteiger charge is 2.38. The minimum absolute atomic E-state index is 0.0181. The van der Waals surface area contributed by atoms with Gasteiger partial charge in [0, 0.05) is 12.5 Å². The van der Waals surface area contributed by atoms with Gasteiger partial charge in [-0.1, -0.05) is 0 Å². The fourth-order valence-corrected chi connectivity index (χ4v) is 2.55. The maximum absolute atomic E-state index is 13.2. The Bertz CT molecular complexity index is 580. The van der Waals surface area contributed by atoms with Crippen LogP contribution in [0, 0.1) is 11.7 Å². The number of halogens is 1. The van der Waals surface area contributed by atoms with Crippen molar-refractivity contribution in [3.63, 3.8) is 0 Å². The van der Waals surface area contributed by atoms with E-state index in [9.17, 15) is 4.39 Å². The molecule has 1 heterocycles. The van der Waals surface area contributed by atoms with Crippen molar-refractivity contribution in [2.45, 2.75) is 25.0 Å². The first-order valence-electron chi connectivity index (χ1n) is 6.41. The van der Waals surface area contributed by atoms with Crippen molar-refractivity contribution in [3.05, 3.63) is 35.8 Å². The SMILES string of the molecule is COC(C1CC1)C(NN)c1cc2cc(F)ccc2o1. The van der Waals surface area contributed by atoms with E-state index < -0.39 is 0 Å². The molecule has 1 aromatic carbocycles. The first kappa shape index (κ1) is 12.6. The molecule has 1 aliphatic carbocycles.